The summed E-state index contributed by atoms with van der Waals surface area (Å²) in [5.41, 5.74) is 3.67. The molecule has 0 bridgehead atoms. The second-order valence-corrected chi connectivity index (χ2v) is 6.87. The lowest BCUT2D eigenvalue weighted by Crippen LogP contribution is -2.38. The van der Waals surface area contributed by atoms with Crippen LogP contribution in [0.4, 0.5) is 4.39 Å². The van der Waals surface area contributed by atoms with Crippen molar-refractivity contribution in [3.8, 4) is 0 Å². The SMILES string of the molecule is NNC(CSc1ccccc1Cl)Cc1cc(F)ccc1Br. The maximum Gasteiger partial charge on any atom is 0.123 e. The third-order valence-corrected chi connectivity index (χ3v) is 5.44. The van der Waals surface area contributed by atoms with Crippen molar-refractivity contribution in [2.45, 2.75) is 17.4 Å². The molecule has 1 unspecified atom stereocenters. The van der Waals surface area contributed by atoms with Crippen LogP contribution in [-0.4, -0.2) is 11.8 Å². The number of rotatable bonds is 6. The van der Waals surface area contributed by atoms with Crippen LogP contribution in [0.2, 0.25) is 5.02 Å². The third kappa shape index (κ3) is 4.97. The predicted molar refractivity (Wildman–Crippen MR) is 91.1 cm³/mol. The first-order chi connectivity index (χ1) is 10.1. The Morgan fingerprint density at radius 1 is 1.29 bits per heavy atom. The molecular formula is C15H15BrClFN2S. The second-order valence-electron chi connectivity index (χ2n) is 4.54. The summed E-state index contributed by atoms with van der Waals surface area (Å²) >= 11 is 11.2. The molecule has 0 aliphatic carbocycles. The summed E-state index contributed by atoms with van der Waals surface area (Å²) < 4.78 is 14.2. The number of halogens is 3. The van der Waals surface area contributed by atoms with Gasteiger partial charge in [0.1, 0.15) is 5.82 Å². The van der Waals surface area contributed by atoms with Gasteiger partial charge in [0.15, 0.2) is 0 Å². The average molecular weight is 390 g/mol. The van der Waals surface area contributed by atoms with Gasteiger partial charge in [0.25, 0.3) is 0 Å². The molecule has 0 aliphatic rings. The van der Waals surface area contributed by atoms with Crippen LogP contribution in [0.5, 0.6) is 0 Å². The van der Waals surface area contributed by atoms with E-state index in [1.165, 1.54) is 12.1 Å². The van der Waals surface area contributed by atoms with E-state index in [1.54, 1.807) is 17.8 Å². The molecule has 0 radical (unpaired) electrons. The molecule has 0 heterocycles. The van der Waals surface area contributed by atoms with Gasteiger partial charge >= 0.3 is 0 Å². The number of nitrogens with one attached hydrogen (secondary N) is 1. The van der Waals surface area contributed by atoms with Gasteiger partial charge in [-0.2, -0.15) is 0 Å². The molecule has 2 rings (SSSR count). The Kier molecular flexibility index (Phi) is 6.51. The van der Waals surface area contributed by atoms with Crippen molar-refractivity contribution in [1.29, 1.82) is 0 Å². The van der Waals surface area contributed by atoms with E-state index in [1.807, 2.05) is 24.3 Å². The summed E-state index contributed by atoms with van der Waals surface area (Å²) in [5, 5.41) is 0.727. The minimum absolute atomic E-state index is 0.0179. The minimum Gasteiger partial charge on any atom is -0.271 e. The van der Waals surface area contributed by atoms with Crippen molar-refractivity contribution in [1.82, 2.24) is 5.43 Å². The molecule has 1 atom stereocenters. The first-order valence-electron chi connectivity index (χ1n) is 6.37. The quantitative estimate of drug-likeness (QED) is 0.437. The molecule has 0 amide bonds. The Hall–Kier alpha value is -0.590. The Morgan fingerprint density at radius 2 is 2.05 bits per heavy atom. The second kappa shape index (κ2) is 8.15. The van der Waals surface area contributed by atoms with Gasteiger partial charge in [0, 0.05) is 21.2 Å². The van der Waals surface area contributed by atoms with Gasteiger partial charge in [-0.05, 0) is 42.3 Å². The zero-order valence-corrected chi connectivity index (χ0v) is 14.3. The fourth-order valence-electron chi connectivity index (χ4n) is 1.88. The fraction of sp³-hybridized carbons (Fsp3) is 0.200. The lowest BCUT2D eigenvalue weighted by molar-refractivity contribution is 0.569. The van der Waals surface area contributed by atoms with Crippen molar-refractivity contribution in [2.24, 2.45) is 5.84 Å². The highest BCUT2D eigenvalue weighted by molar-refractivity contribution is 9.10. The molecule has 21 heavy (non-hydrogen) atoms. The number of hydrazine groups is 1. The van der Waals surface area contributed by atoms with Gasteiger partial charge in [-0.25, -0.2) is 4.39 Å². The molecule has 0 saturated heterocycles. The van der Waals surface area contributed by atoms with Crippen molar-refractivity contribution < 1.29 is 4.39 Å². The summed E-state index contributed by atoms with van der Waals surface area (Å²) in [6.07, 6.45) is 0.631. The van der Waals surface area contributed by atoms with Gasteiger partial charge in [0.2, 0.25) is 0 Å². The molecule has 112 valence electrons. The number of nitrogens with two attached hydrogens (primary N) is 1. The first kappa shape index (κ1) is 16.8. The number of thioether (sulfide) groups is 1. The van der Waals surface area contributed by atoms with Crippen molar-refractivity contribution in [3.63, 3.8) is 0 Å². The summed E-state index contributed by atoms with van der Waals surface area (Å²) in [5.74, 6) is 6.10. The van der Waals surface area contributed by atoms with E-state index in [4.69, 9.17) is 17.4 Å². The van der Waals surface area contributed by atoms with E-state index in [-0.39, 0.29) is 11.9 Å². The van der Waals surface area contributed by atoms with Gasteiger partial charge in [-0.1, -0.05) is 39.7 Å². The highest BCUT2D eigenvalue weighted by Crippen LogP contribution is 2.28. The Bertz CT molecular complexity index is 612. The summed E-state index contributed by atoms with van der Waals surface area (Å²) in [6, 6.07) is 12.4. The largest absolute Gasteiger partial charge is 0.271 e. The molecular weight excluding hydrogens is 375 g/mol. The fourth-order valence-corrected chi connectivity index (χ4v) is 3.57. The van der Waals surface area contributed by atoms with E-state index in [0.717, 1.165) is 25.7 Å². The van der Waals surface area contributed by atoms with E-state index >= 15 is 0 Å². The molecule has 2 aromatic carbocycles. The van der Waals surface area contributed by atoms with E-state index in [2.05, 4.69) is 21.4 Å². The van der Waals surface area contributed by atoms with Crippen molar-refractivity contribution in [2.75, 3.05) is 5.75 Å². The minimum atomic E-state index is -0.247. The van der Waals surface area contributed by atoms with Crippen LogP contribution in [0.15, 0.2) is 51.8 Å². The van der Waals surface area contributed by atoms with Crippen molar-refractivity contribution in [3.05, 3.63) is 63.3 Å². The van der Waals surface area contributed by atoms with E-state index in [0.29, 0.717) is 6.42 Å². The van der Waals surface area contributed by atoms with Crippen LogP contribution in [0.1, 0.15) is 5.56 Å². The van der Waals surface area contributed by atoms with Crippen LogP contribution >= 0.6 is 39.3 Å². The molecule has 3 N–H and O–H groups in total. The maximum atomic E-state index is 13.3. The standard InChI is InChI=1S/C15H15BrClFN2S/c16-13-6-5-11(18)7-10(13)8-12(20-19)9-21-15-4-2-1-3-14(15)17/h1-7,12,20H,8-9,19H2. The van der Waals surface area contributed by atoms with Crippen LogP contribution in [0.25, 0.3) is 0 Å². The van der Waals surface area contributed by atoms with Gasteiger partial charge in [-0.15, -0.1) is 11.8 Å². The molecule has 0 spiro atoms. The van der Waals surface area contributed by atoms with Gasteiger partial charge in [0.05, 0.1) is 5.02 Å². The summed E-state index contributed by atoms with van der Waals surface area (Å²) in [7, 11) is 0. The molecule has 2 nitrogen and oxygen atoms in total. The van der Waals surface area contributed by atoms with E-state index in [9.17, 15) is 4.39 Å². The lowest BCUT2D eigenvalue weighted by Gasteiger charge is -2.17. The zero-order valence-electron chi connectivity index (χ0n) is 11.2. The van der Waals surface area contributed by atoms with Crippen LogP contribution in [0, 0.1) is 5.82 Å². The number of benzene rings is 2. The summed E-state index contributed by atoms with van der Waals surface area (Å²) in [4.78, 5) is 1.01. The Labute approximate surface area is 141 Å². The third-order valence-electron chi connectivity index (χ3n) is 2.99. The molecule has 0 aromatic heterocycles. The average Bonchev–Trinajstić information content (AvgIpc) is 2.48. The topological polar surface area (TPSA) is 38.0 Å². The first-order valence-corrected chi connectivity index (χ1v) is 8.53. The predicted octanol–water partition coefficient (Wildman–Crippen LogP) is 4.41. The number of hydrogen-bond donors (Lipinski definition) is 2. The van der Waals surface area contributed by atoms with E-state index < -0.39 is 0 Å². The van der Waals surface area contributed by atoms with Crippen LogP contribution < -0.4 is 11.3 Å². The highest BCUT2D eigenvalue weighted by atomic mass is 79.9. The van der Waals surface area contributed by atoms with Gasteiger partial charge < -0.3 is 0 Å². The lowest BCUT2D eigenvalue weighted by atomic mass is 10.1. The smallest absolute Gasteiger partial charge is 0.123 e. The zero-order chi connectivity index (χ0) is 15.2. The van der Waals surface area contributed by atoms with Gasteiger partial charge in [-0.3, -0.25) is 11.3 Å². The molecule has 0 saturated carbocycles. The number of hydrogen-bond acceptors (Lipinski definition) is 3. The molecule has 2 aromatic rings. The van der Waals surface area contributed by atoms with Crippen LogP contribution in [0.3, 0.4) is 0 Å². The molecule has 0 fully saturated rings. The highest BCUT2D eigenvalue weighted by Gasteiger charge is 2.12. The summed E-state index contributed by atoms with van der Waals surface area (Å²) in [6.45, 7) is 0. The molecule has 6 heteroatoms. The maximum absolute atomic E-state index is 13.3. The van der Waals surface area contributed by atoms with Crippen LogP contribution in [-0.2, 0) is 6.42 Å². The normalized spacial score (nSPS) is 12.4. The monoisotopic (exact) mass is 388 g/mol. The van der Waals surface area contributed by atoms with Crippen molar-refractivity contribution >= 4 is 39.3 Å². The molecule has 0 aliphatic heterocycles. The Balaban J connectivity index is 2.00. The Morgan fingerprint density at radius 3 is 2.76 bits per heavy atom.